The Morgan fingerprint density at radius 3 is 3.00 bits per heavy atom. The van der Waals surface area contributed by atoms with Crippen LogP contribution in [0.5, 0.6) is 5.88 Å². The molecule has 1 amide bonds. The van der Waals surface area contributed by atoms with E-state index in [1.165, 1.54) is 30.3 Å². The van der Waals surface area contributed by atoms with E-state index in [2.05, 4.69) is 25.8 Å². The first-order chi connectivity index (χ1) is 11.3. The van der Waals surface area contributed by atoms with Gasteiger partial charge in [-0.15, -0.1) is 5.10 Å². The zero-order valence-electron chi connectivity index (χ0n) is 12.9. The summed E-state index contributed by atoms with van der Waals surface area (Å²) in [7, 11) is 0. The molecule has 1 aliphatic carbocycles. The molecule has 0 bridgehead atoms. The fourth-order valence-corrected chi connectivity index (χ4v) is 2.63. The highest BCUT2D eigenvalue weighted by atomic mass is 16.5. The Bertz CT molecular complexity index is 625. The molecule has 0 saturated heterocycles. The van der Waals surface area contributed by atoms with Gasteiger partial charge in [-0.3, -0.25) is 4.79 Å². The molecule has 1 N–H and O–H groups in total. The van der Waals surface area contributed by atoms with Gasteiger partial charge in [0, 0.05) is 18.8 Å². The van der Waals surface area contributed by atoms with Gasteiger partial charge in [-0.1, -0.05) is 6.42 Å². The maximum Gasteiger partial charge on any atom is 0.242 e. The van der Waals surface area contributed by atoms with Crippen LogP contribution >= 0.6 is 0 Å². The Kier molecular flexibility index (Phi) is 5.13. The molecule has 0 atom stereocenters. The van der Waals surface area contributed by atoms with E-state index in [0.29, 0.717) is 12.4 Å². The van der Waals surface area contributed by atoms with Crippen LogP contribution in [-0.4, -0.2) is 37.2 Å². The smallest absolute Gasteiger partial charge is 0.242 e. The molecule has 1 fully saturated rings. The molecule has 0 aliphatic heterocycles. The lowest BCUT2D eigenvalue weighted by Crippen LogP contribution is -2.27. The van der Waals surface area contributed by atoms with Crippen LogP contribution in [0, 0.1) is 0 Å². The summed E-state index contributed by atoms with van der Waals surface area (Å²) in [6.07, 6.45) is 9.29. The van der Waals surface area contributed by atoms with Crippen molar-refractivity contribution < 1.29 is 9.53 Å². The lowest BCUT2D eigenvalue weighted by Gasteiger charge is -2.22. The van der Waals surface area contributed by atoms with Crippen LogP contribution in [0.1, 0.15) is 37.7 Å². The number of nitrogens with zero attached hydrogens (tertiary/aromatic N) is 5. The second-order valence-corrected chi connectivity index (χ2v) is 5.66. The highest BCUT2D eigenvalue weighted by molar-refractivity contribution is 5.75. The minimum absolute atomic E-state index is 0.101. The summed E-state index contributed by atoms with van der Waals surface area (Å²) in [6, 6.07) is 3.75. The molecule has 0 aromatic carbocycles. The third kappa shape index (κ3) is 4.73. The van der Waals surface area contributed by atoms with Gasteiger partial charge in [-0.05, 0) is 47.7 Å². The predicted molar refractivity (Wildman–Crippen MR) is 81.4 cm³/mol. The molecule has 2 aromatic rings. The number of amides is 1. The van der Waals surface area contributed by atoms with Crippen molar-refractivity contribution >= 4 is 5.91 Å². The first-order valence-corrected chi connectivity index (χ1v) is 7.88. The molecule has 8 heteroatoms. The standard InChI is InChI=1S/C15H20N6O2/c22-14(10-21-11-18-19-20-21)17-9-12-6-7-16-15(8-12)23-13-4-2-1-3-5-13/h6-8,11,13H,1-5,9-10H2,(H,17,22). The van der Waals surface area contributed by atoms with Crippen LogP contribution in [-0.2, 0) is 17.9 Å². The second kappa shape index (κ2) is 7.66. The molecule has 122 valence electrons. The monoisotopic (exact) mass is 316 g/mol. The summed E-state index contributed by atoms with van der Waals surface area (Å²) < 4.78 is 7.31. The normalized spacial score (nSPS) is 15.3. The summed E-state index contributed by atoms with van der Waals surface area (Å²) in [5.74, 6) is 0.480. The van der Waals surface area contributed by atoms with E-state index in [1.807, 2.05) is 12.1 Å². The number of pyridine rings is 1. The quantitative estimate of drug-likeness (QED) is 0.857. The third-order valence-corrected chi connectivity index (χ3v) is 3.83. The lowest BCUT2D eigenvalue weighted by molar-refractivity contribution is -0.122. The van der Waals surface area contributed by atoms with Crippen LogP contribution in [0.15, 0.2) is 24.7 Å². The van der Waals surface area contributed by atoms with E-state index in [0.717, 1.165) is 18.4 Å². The van der Waals surface area contributed by atoms with Crippen LogP contribution in [0.4, 0.5) is 0 Å². The summed E-state index contributed by atoms with van der Waals surface area (Å²) in [5.41, 5.74) is 0.955. The topological polar surface area (TPSA) is 94.8 Å². The minimum Gasteiger partial charge on any atom is -0.474 e. The fraction of sp³-hybridized carbons (Fsp3) is 0.533. The maximum atomic E-state index is 11.8. The van der Waals surface area contributed by atoms with Crippen LogP contribution < -0.4 is 10.1 Å². The van der Waals surface area contributed by atoms with Gasteiger partial charge in [0.05, 0.1) is 0 Å². The average Bonchev–Trinajstić information content (AvgIpc) is 3.07. The predicted octanol–water partition coefficient (Wildman–Crippen LogP) is 1.10. The van der Waals surface area contributed by atoms with Crippen molar-refractivity contribution in [2.75, 3.05) is 0 Å². The van der Waals surface area contributed by atoms with Crippen molar-refractivity contribution in [1.82, 2.24) is 30.5 Å². The van der Waals surface area contributed by atoms with E-state index < -0.39 is 0 Å². The lowest BCUT2D eigenvalue weighted by atomic mass is 9.98. The van der Waals surface area contributed by atoms with E-state index in [1.54, 1.807) is 6.20 Å². The van der Waals surface area contributed by atoms with Crippen molar-refractivity contribution in [3.63, 3.8) is 0 Å². The van der Waals surface area contributed by atoms with Gasteiger partial charge >= 0.3 is 0 Å². The minimum atomic E-state index is -0.149. The first kappa shape index (κ1) is 15.4. The number of hydrogen-bond acceptors (Lipinski definition) is 6. The van der Waals surface area contributed by atoms with E-state index in [4.69, 9.17) is 4.74 Å². The largest absolute Gasteiger partial charge is 0.474 e. The van der Waals surface area contributed by atoms with Crippen molar-refractivity contribution in [2.24, 2.45) is 0 Å². The van der Waals surface area contributed by atoms with Crippen LogP contribution in [0.25, 0.3) is 0 Å². The van der Waals surface area contributed by atoms with Gasteiger partial charge in [0.1, 0.15) is 19.0 Å². The average molecular weight is 316 g/mol. The molecule has 1 aliphatic rings. The highest BCUT2D eigenvalue weighted by Gasteiger charge is 2.15. The number of hydrogen-bond donors (Lipinski definition) is 1. The molecule has 0 spiro atoms. The van der Waals surface area contributed by atoms with Gasteiger partial charge < -0.3 is 10.1 Å². The highest BCUT2D eigenvalue weighted by Crippen LogP contribution is 2.22. The molecule has 3 rings (SSSR count). The molecule has 0 unspecified atom stereocenters. The molecule has 0 radical (unpaired) electrons. The second-order valence-electron chi connectivity index (χ2n) is 5.66. The molecular formula is C15H20N6O2. The van der Waals surface area contributed by atoms with Gasteiger partial charge in [0.2, 0.25) is 11.8 Å². The van der Waals surface area contributed by atoms with Gasteiger partial charge in [-0.25, -0.2) is 9.67 Å². The SMILES string of the molecule is O=C(Cn1cnnn1)NCc1ccnc(OC2CCCCC2)c1. The Balaban J connectivity index is 1.49. The summed E-state index contributed by atoms with van der Waals surface area (Å²) in [5, 5.41) is 13.5. The van der Waals surface area contributed by atoms with Gasteiger partial charge in [-0.2, -0.15) is 0 Å². The number of ether oxygens (including phenoxy) is 1. The molecular weight excluding hydrogens is 296 g/mol. The van der Waals surface area contributed by atoms with E-state index in [-0.39, 0.29) is 18.6 Å². The maximum absolute atomic E-state index is 11.8. The molecule has 1 saturated carbocycles. The molecule has 2 aromatic heterocycles. The first-order valence-electron chi connectivity index (χ1n) is 7.88. The summed E-state index contributed by atoms with van der Waals surface area (Å²) >= 11 is 0. The van der Waals surface area contributed by atoms with Crippen molar-refractivity contribution in [1.29, 1.82) is 0 Å². The van der Waals surface area contributed by atoms with Crippen LogP contribution in [0.3, 0.4) is 0 Å². The zero-order valence-corrected chi connectivity index (χ0v) is 12.9. The number of rotatable bonds is 6. The van der Waals surface area contributed by atoms with Gasteiger partial charge in [0.15, 0.2) is 0 Å². The number of aromatic nitrogens is 5. The van der Waals surface area contributed by atoms with Gasteiger partial charge in [0.25, 0.3) is 0 Å². The zero-order chi connectivity index (χ0) is 15.9. The number of tetrazole rings is 1. The Morgan fingerprint density at radius 1 is 1.35 bits per heavy atom. The van der Waals surface area contributed by atoms with Crippen molar-refractivity contribution in [3.8, 4) is 5.88 Å². The third-order valence-electron chi connectivity index (χ3n) is 3.83. The Morgan fingerprint density at radius 2 is 2.22 bits per heavy atom. The summed E-state index contributed by atoms with van der Waals surface area (Å²) in [6.45, 7) is 0.522. The Hall–Kier alpha value is -2.51. The number of carbonyl (C=O) groups excluding carboxylic acids is 1. The van der Waals surface area contributed by atoms with E-state index >= 15 is 0 Å². The molecule has 8 nitrogen and oxygen atoms in total. The summed E-state index contributed by atoms with van der Waals surface area (Å²) in [4.78, 5) is 16.1. The van der Waals surface area contributed by atoms with E-state index in [9.17, 15) is 4.79 Å². The Labute approximate surface area is 134 Å². The van der Waals surface area contributed by atoms with Crippen LogP contribution in [0.2, 0.25) is 0 Å². The number of carbonyl (C=O) groups is 1. The molecule has 23 heavy (non-hydrogen) atoms. The number of nitrogens with one attached hydrogen (secondary N) is 1. The van der Waals surface area contributed by atoms with Crippen molar-refractivity contribution in [2.45, 2.75) is 51.3 Å². The van der Waals surface area contributed by atoms with Crippen molar-refractivity contribution in [3.05, 3.63) is 30.2 Å². The molecule has 2 heterocycles. The fourth-order valence-electron chi connectivity index (χ4n) is 2.63.